The van der Waals surface area contributed by atoms with E-state index in [1.54, 1.807) is 17.0 Å². The van der Waals surface area contributed by atoms with Crippen LogP contribution >= 0.6 is 0 Å². The highest BCUT2D eigenvalue weighted by atomic mass is 16.5. The molecule has 0 atom stereocenters. The van der Waals surface area contributed by atoms with Gasteiger partial charge < -0.3 is 14.2 Å². The normalized spacial score (nSPS) is 10.6. The summed E-state index contributed by atoms with van der Waals surface area (Å²) in [6.07, 6.45) is 1.47. The monoisotopic (exact) mass is 461 g/mol. The molecule has 0 aliphatic rings. The van der Waals surface area contributed by atoms with Gasteiger partial charge in [0.25, 0.3) is 0 Å². The van der Waals surface area contributed by atoms with E-state index in [1.165, 1.54) is 27.5 Å². The van der Waals surface area contributed by atoms with E-state index in [-0.39, 0.29) is 24.7 Å². The SMILES string of the molecule is COc1cc(/C=N\NC(=O)CCC(=O)N(c2ccccc2)c2ccccc2)cc(OC)c1OC. The quantitative estimate of drug-likeness (QED) is 0.359. The van der Waals surface area contributed by atoms with Crippen molar-refractivity contribution in [2.24, 2.45) is 5.10 Å². The van der Waals surface area contributed by atoms with Gasteiger partial charge in [-0.15, -0.1) is 0 Å². The molecule has 0 heterocycles. The first kappa shape index (κ1) is 24.3. The molecule has 2 amide bonds. The maximum absolute atomic E-state index is 13.0. The fourth-order valence-corrected chi connectivity index (χ4v) is 3.33. The van der Waals surface area contributed by atoms with Crippen LogP contribution in [0.5, 0.6) is 17.2 Å². The van der Waals surface area contributed by atoms with Gasteiger partial charge in [-0.05, 0) is 36.4 Å². The number of anilines is 2. The Morgan fingerprint density at radius 3 is 1.82 bits per heavy atom. The Hall–Kier alpha value is -4.33. The van der Waals surface area contributed by atoms with E-state index in [2.05, 4.69) is 10.5 Å². The Morgan fingerprint density at radius 1 is 0.824 bits per heavy atom. The zero-order valence-electron chi connectivity index (χ0n) is 19.4. The lowest BCUT2D eigenvalue weighted by Gasteiger charge is -2.23. The van der Waals surface area contributed by atoms with Gasteiger partial charge in [0.05, 0.1) is 27.5 Å². The molecule has 0 saturated heterocycles. The average molecular weight is 462 g/mol. The molecule has 0 spiro atoms. The average Bonchev–Trinajstić information content (AvgIpc) is 2.88. The first-order chi connectivity index (χ1) is 16.6. The third kappa shape index (κ3) is 6.13. The van der Waals surface area contributed by atoms with Crippen molar-refractivity contribution in [1.29, 1.82) is 0 Å². The number of methoxy groups -OCH3 is 3. The standard InChI is InChI=1S/C26H27N3O5/c1-32-22-16-19(17-23(33-2)26(22)34-3)18-27-28-24(30)14-15-25(31)29(20-10-6-4-7-11-20)21-12-8-5-9-13-21/h4-13,16-18H,14-15H2,1-3H3,(H,28,30)/b27-18-. The van der Waals surface area contributed by atoms with Crippen molar-refractivity contribution < 1.29 is 23.8 Å². The van der Waals surface area contributed by atoms with Crippen molar-refractivity contribution in [1.82, 2.24) is 5.43 Å². The van der Waals surface area contributed by atoms with Crippen LogP contribution in [0.3, 0.4) is 0 Å². The highest BCUT2D eigenvalue weighted by Gasteiger charge is 2.18. The minimum absolute atomic E-state index is 0.0123. The summed E-state index contributed by atoms with van der Waals surface area (Å²) in [5.41, 5.74) is 4.57. The van der Waals surface area contributed by atoms with Crippen LogP contribution in [-0.4, -0.2) is 39.4 Å². The number of nitrogens with one attached hydrogen (secondary N) is 1. The number of ether oxygens (including phenoxy) is 3. The maximum atomic E-state index is 13.0. The molecule has 34 heavy (non-hydrogen) atoms. The predicted molar refractivity (Wildman–Crippen MR) is 131 cm³/mol. The van der Waals surface area contributed by atoms with E-state index in [1.807, 2.05) is 60.7 Å². The largest absolute Gasteiger partial charge is 0.493 e. The van der Waals surface area contributed by atoms with Crippen LogP contribution in [0.4, 0.5) is 11.4 Å². The minimum Gasteiger partial charge on any atom is -0.493 e. The van der Waals surface area contributed by atoms with Crippen molar-refractivity contribution in [3.8, 4) is 17.2 Å². The third-order valence-corrected chi connectivity index (χ3v) is 4.93. The van der Waals surface area contributed by atoms with Crippen LogP contribution in [0.15, 0.2) is 77.9 Å². The van der Waals surface area contributed by atoms with Gasteiger partial charge in [-0.25, -0.2) is 5.43 Å². The number of hydrogen-bond donors (Lipinski definition) is 1. The Balaban J connectivity index is 1.63. The molecule has 0 aliphatic carbocycles. The summed E-state index contributed by atoms with van der Waals surface area (Å²) < 4.78 is 15.9. The molecular formula is C26H27N3O5. The molecule has 8 heteroatoms. The molecule has 0 aromatic heterocycles. The number of hydrazone groups is 1. The molecule has 3 aromatic rings. The molecule has 8 nitrogen and oxygen atoms in total. The van der Waals surface area contributed by atoms with Gasteiger partial charge in [-0.2, -0.15) is 5.10 Å². The van der Waals surface area contributed by atoms with Crippen LogP contribution in [0, 0.1) is 0 Å². The summed E-state index contributed by atoms with van der Waals surface area (Å²) in [5.74, 6) is 0.842. The second kappa shape index (κ2) is 12.1. The summed E-state index contributed by atoms with van der Waals surface area (Å²) in [6, 6.07) is 22.1. The second-order valence-corrected chi connectivity index (χ2v) is 7.15. The fraction of sp³-hybridized carbons (Fsp3) is 0.192. The van der Waals surface area contributed by atoms with Crippen molar-refractivity contribution in [3.63, 3.8) is 0 Å². The molecular weight excluding hydrogens is 434 g/mol. The van der Waals surface area contributed by atoms with Crippen LogP contribution in [0.2, 0.25) is 0 Å². The van der Waals surface area contributed by atoms with Gasteiger partial charge in [0.1, 0.15) is 0 Å². The van der Waals surface area contributed by atoms with E-state index in [9.17, 15) is 9.59 Å². The zero-order chi connectivity index (χ0) is 24.3. The van der Waals surface area contributed by atoms with Crippen LogP contribution in [0.25, 0.3) is 0 Å². The highest BCUT2D eigenvalue weighted by Crippen LogP contribution is 2.37. The number of carbonyl (C=O) groups is 2. The fourth-order valence-electron chi connectivity index (χ4n) is 3.33. The summed E-state index contributed by atoms with van der Waals surface area (Å²) in [5, 5.41) is 3.99. The van der Waals surface area contributed by atoms with Gasteiger partial charge >= 0.3 is 0 Å². The van der Waals surface area contributed by atoms with Gasteiger partial charge in [-0.1, -0.05) is 36.4 Å². The molecule has 1 N–H and O–H groups in total. The number of rotatable bonds is 10. The van der Waals surface area contributed by atoms with E-state index in [0.717, 1.165) is 11.4 Å². The summed E-state index contributed by atoms with van der Waals surface area (Å²) in [4.78, 5) is 26.9. The van der Waals surface area contributed by atoms with Crippen LogP contribution < -0.4 is 24.5 Å². The lowest BCUT2D eigenvalue weighted by Crippen LogP contribution is -2.27. The van der Waals surface area contributed by atoms with E-state index in [0.29, 0.717) is 22.8 Å². The molecule has 0 radical (unpaired) electrons. The number of hydrogen-bond acceptors (Lipinski definition) is 6. The maximum Gasteiger partial charge on any atom is 0.240 e. The van der Waals surface area contributed by atoms with Crippen molar-refractivity contribution in [3.05, 3.63) is 78.4 Å². The number of amides is 2. The molecule has 0 aliphatic heterocycles. The smallest absolute Gasteiger partial charge is 0.240 e. The number of carbonyl (C=O) groups excluding carboxylic acids is 2. The number of benzene rings is 3. The summed E-state index contributed by atoms with van der Waals surface area (Å²) in [6.45, 7) is 0. The van der Waals surface area contributed by atoms with Gasteiger partial charge in [0, 0.05) is 29.8 Å². The number of nitrogens with zero attached hydrogens (tertiary/aromatic N) is 2. The van der Waals surface area contributed by atoms with Gasteiger partial charge in [0.15, 0.2) is 11.5 Å². The zero-order valence-corrected chi connectivity index (χ0v) is 19.4. The molecule has 0 fully saturated rings. The molecule has 3 rings (SSSR count). The van der Waals surface area contributed by atoms with Crippen molar-refractivity contribution in [2.45, 2.75) is 12.8 Å². The predicted octanol–water partition coefficient (Wildman–Crippen LogP) is 4.31. The molecule has 0 unspecified atom stereocenters. The van der Waals surface area contributed by atoms with Crippen molar-refractivity contribution in [2.75, 3.05) is 26.2 Å². The Kier molecular flexibility index (Phi) is 8.62. The molecule has 0 bridgehead atoms. The topological polar surface area (TPSA) is 89.5 Å². The first-order valence-electron chi connectivity index (χ1n) is 10.6. The first-order valence-corrected chi connectivity index (χ1v) is 10.6. The number of para-hydroxylation sites is 2. The van der Waals surface area contributed by atoms with E-state index in [4.69, 9.17) is 14.2 Å². The Labute approximate surface area is 198 Å². The Morgan fingerprint density at radius 2 is 1.35 bits per heavy atom. The van der Waals surface area contributed by atoms with E-state index < -0.39 is 0 Å². The lowest BCUT2D eigenvalue weighted by atomic mass is 10.2. The third-order valence-electron chi connectivity index (χ3n) is 4.93. The molecule has 0 saturated carbocycles. The van der Waals surface area contributed by atoms with E-state index >= 15 is 0 Å². The lowest BCUT2D eigenvalue weighted by molar-refractivity contribution is -0.124. The van der Waals surface area contributed by atoms with Gasteiger partial charge in [0.2, 0.25) is 17.6 Å². The summed E-state index contributed by atoms with van der Waals surface area (Å²) >= 11 is 0. The van der Waals surface area contributed by atoms with Crippen LogP contribution in [0.1, 0.15) is 18.4 Å². The molecule has 3 aromatic carbocycles. The summed E-state index contributed by atoms with van der Waals surface area (Å²) in [7, 11) is 4.56. The minimum atomic E-state index is -0.377. The van der Waals surface area contributed by atoms with Gasteiger partial charge in [-0.3, -0.25) is 14.5 Å². The second-order valence-electron chi connectivity index (χ2n) is 7.15. The van der Waals surface area contributed by atoms with Crippen molar-refractivity contribution >= 4 is 29.4 Å². The highest BCUT2D eigenvalue weighted by molar-refractivity contribution is 6.01. The Bertz CT molecular complexity index is 1070. The van der Waals surface area contributed by atoms with Crippen LogP contribution in [-0.2, 0) is 9.59 Å². The molecule has 176 valence electrons.